The number of benzene rings is 1. The molecule has 11 heavy (non-hydrogen) atoms. The normalized spacial score (nSPS) is 10.0. The second-order valence-corrected chi connectivity index (χ2v) is 3.03. The molecule has 0 radical (unpaired) electrons. The summed E-state index contributed by atoms with van der Waals surface area (Å²) in [6.45, 7) is 2.13. The van der Waals surface area contributed by atoms with Crippen LogP contribution < -0.4 is 5.73 Å². The van der Waals surface area contributed by atoms with Gasteiger partial charge in [-0.25, -0.2) is 0 Å². The zero-order chi connectivity index (χ0) is 8.27. The van der Waals surface area contributed by atoms with Crippen LogP contribution in [0.1, 0.15) is 18.9 Å². The van der Waals surface area contributed by atoms with Crippen molar-refractivity contribution in [1.82, 2.24) is 0 Å². The minimum atomic E-state index is 0.766. The topological polar surface area (TPSA) is 26.0 Å². The summed E-state index contributed by atoms with van der Waals surface area (Å²) in [6, 6.07) is 5.60. The second-order valence-electron chi connectivity index (χ2n) is 2.59. The maximum atomic E-state index is 5.80. The van der Waals surface area contributed by atoms with Crippen LogP contribution >= 0.6 is 11.6 Å². The van der Waals surface area contributed by atoms with Crippen molar-refractivity contribution >= 4 is 17.3 Å². The van der Waals surface area contributed by atoms with Gasteiger partial charge in [-0.05, 0) is 30.2 Å². The van der Waals surface area contributed by atoms with E-state index in [1.807, 2.05) is 18.2 Å². The van der Waals surface area contributed by atoms with Gasteiger partial charge in [0.15, 0.2) is 0 Å². The molecule has 0 atom stereocenters. The summed E-state index contributed by atoms with van der Waals surface area (Å²) in [4.78, 5) is 0. The molecule has 2 N–H and O–H groups in total. The number of nitrogen functional groups attached to an aromatic ring is 1. The third-order valence-corrected chi connectivity index (χ3v) is 1.86. The van der Waals surface area contributed by atoms with E-state index >= 15 is 0 Å². The van der Waals surface area contributed by atoms with Gasteiger partial charge in [-0.1, -0.05) is 24.9 Å². The average Bonchev–Trinajstić information content (AvgIpc) is 1.98. The molecule has 0 aliphatic carbocycles. The molecule has 1 nitrogen and oxygen atoms in total. The lowest BCUT2D eigenvalue weighted by molar-refractivity contribution is 0.924. The Bertz CT molecular complexity index is 245. The molecule has 1 aromatic rings. The number of anilines is 1. The minimum Gasteiger partial charge on any atom is -0.399 e. The van der Waals surface area contributed by atoms with Crippen molar-refractivity contribution < 1.29 is 0 Å². The van der Waals surface area contributed by atoms with Gasteiger partial charge in [0.1, 0.15) is 0 Å². The zero-order valence-electron chi connectivity index (χ0n) is 6.60. The van der Waals surface area contributed by atoms with E-state index in [9.17, 15) is 0 Å². The highest BCUT2D eigenvalue weighted by Gasteiger charge is 1.97. The molecule has 0 saturated carbocycles. The lowest BCUT2D eigenvalue weighted by Gasteiger charge is -2.03. The molecule has 0 fully saturated rings. The van der Waals surface area contributed by atoms with Gasteiger partial charge in [0, 0.05) is 10.7 Å². The Morgan fingerprint density at radius 2 is 2.18 bits per heavy atom. The zero-order valence-corrected chi connectivity index (χ0v) is 7.36. The highest BCUT2D eigenvalue weighted by atomic mass is 35.5. The summed E-state index contributed by atoms with van der Waals surface area (Å²) in [5.41, 5.74) is 7.71. The van der Waals surface area contributed by atoms with Crippen molar-refractivity contribution in [2.75, 3.05) is 5.73 Å². The molecule has 1 aromatic carbocycles. The van der Waals surface area contributed by atoms with Crippen LogP contribution in [0.15, 0.2) is 18.2 Å². The fourth-order valence-corrected chi connectivity index (χ4v) is 1.25. The Labute approximate surface area is 72.2 Å². The largest absolute Gasteiger partial charge is 0.399 e. The number of halogens is 1. The van der Waals surface area contributed by atoms with E-state index in [0.717, 1.165) is 29.1 Å². The molecular formula is C9H12ClN. The molecule has 0 saturated heterocycles. The van der Waals surface area contributed by atoms with Gasteiger partial charge in [-0.15, -0.1) is 0 Å². The lowest BCUT2D eigenvalue weighted by Crippen LogP contribution is -1.92. The fraction of sp³-hybridized carbons (Fsp3) is 0.333. The van der Waals surface area contributed by atoms with Crippen LogP contribution in [0.4, 0.5) is 5.69 Å². The second kappa shape index (κ2) is 3.63. The molecule has 60 valence electrons. The van der Waals surface area contributed by atoms with Gasteiger partial charge in [-0.3, -0.25) is 0 Å². The van der Waals surface area contributed by atoms with E-state index < -0.39 is 0 Å². The van der Waals surface area contributed by atoms with Crippen LogP contribution in [-0.2, 0) is 6.42 Å². The first-order valence-corrected chi connectivity index (χ1v) is 4.15. The quantitative estimate of drug-likeness (QED) is 0.677. The van der Waals surface area contributed by atoms with Gasteiger partial charge >= 0.3 is 0 Å². The SMILES string of the molecule is CCCc1cc(Cl)ccc1N. The summed E-state index contributed by atoms with van der Waals surface area (Å²) in [5, 5.41) is 0.766. The molecule has 0 amide bonds. The predicted molar refractivity (Wildman–Crippen MR) is 49.9 cm³/mol. The van der Waals surface area contributed by atoms with E-state index in [-0.39, 0.29) is 0 Å². The van der Waals surface area contributed by atoms with Crippen molar-refractivity contribution in [1.29, 1.82) is 0 Å². The van der Waals surface area contributed by atoms with Crippen molar-refractivity contribution in [3.8, 4) is 0 Å². The van der Waals surface area contributed by atoms with Crippen molar-refractivity contribution in [3.05, 3.63) is 28.8 Å². The number of rotatable bonds is 2. The minimum absolute atomic E-state index is 0.766. The first-order valence-electron chi connectivity index (χ1n) is 3.78. The Kier molecular flexibility index (Phi) is 2.77. The molecular weight excluding hydrogens is 158 g/mol. The van der Waals surface area contributed by atoms with E-state index in [2.05, 4.69) is 6.92 Å². The van der Waals surface area contributed by atoms with E-state index in [4.69, 9.17) is 17.3 Å². The first kappa shape index (κ1) is 8.41. The molecule has 0 aliphatic heterocycles. The monoisotopic (exact) mass is 169 g/mol. The Morgan fingerprint density at radius 1 is 1.45 bits per heavy atom. The van der Waals surface area contributed by atoms with Crippen LogP contribution in [0.5, 0.6) is 0 Å². The highest BCUT2D eigenvalue weighted by molar-refractivity contribution is 6.30. The van der Waals surface area contributed by atoms with E-state index in [1.54, 1.807) is 0 Å². The van der Waals surface area contributed by atoms with Gasteiger partial charge in [0.2, 0.25) is 0 Å². The standard InChI is InChI=1S/C9H12ClN/c1-2-3-7-6-8(10)4-5-9(7)11/h4-6H,2-3,11H2,1H3. The van der Waals surface area contributed by atoms with Gasteiger partial charge < -0.3 is 5.73 Å². The summed E-state index contributed by atoms with van der Waals surface area (Å²) < 4.78 is 0. The van der Waals surface area contributed by atoms with Gasteiger partial charge in [0.05, 0.1) is 0 Å². The number of hydrogen-bond acceptors (Lipinski definition) is 1. The number of aryl methyl sites for hydroxylation is 1. The molecule has 1 rings (SSSR count). The third-order valence-electron chi connectivity index (χ3n) is 1.62. The molecule has 2 heteroatoms. The first-order chi connectivity index (χ1) is 5.24. The fourth-order valence-electron chi connectivity index (χ4n) is 1.06. The van der Waals surface area contributed by atoms with Crippen LogP contribution in [0, 0.1) is 0 Å². The lowest BCUT2D eigenvalue weighted by atomic mass is 10.1. The van der Waals surface area contributed by atoms with Crippen LogP contribution in [0.25, 0.3) is 0 Å². The van der Waals surface area contributed by atoms with Crippen LogP contribution in [-0.4, -0.2) is 0 Å². The van der Waals surface area contributed by atoms with Gasteiger partial charge in [0.25, 0.3) is 0 Å². The van der Waals surface area contributed by atoms with Crippen molar-refractivity contribution in [2.45, 2.75) is 19.8 Å². The number of nitrogens with two attached hydrogens (primary N) is 1. The Morgan fingerprint density at radius 3 is 2.82 bits per heavy atom. The molecule has 0 spiro atoms. The van der Waals surface area contributed by atoms with Crippen LogP contribution in [0.3, 0.4) is 0 Å². The highest BCUT2D eigenvalue weighted by Crippen LogP contribution is 2.18. The predicted octanol–water partition coefficient (Wildman–Crippen LogP) is 2.87. The molecule has 0 unspecified atom stereocenters. The smallest absolute Gasteiger partial charge is 0.0410 e. The summed E-state index contributed by atoms with van der Waals surface area (Å²) in [6.07, 6.45) is 2.11. The Hall–Kier alpha value is -0.690. The average molecular weight is 170 g/mol. The number of hydrogen-bond donors (Lipinski definition) is 1. The molecule has 0 aromatic heterocycles. The van der Waals surface area contributed by atoms with Crippen molar-refractivity contribution in [3.63, 3.8) is 0 Å². The molecule has 0 heterocycles. The summed E-state index contributed by atoms with van der Waals surface area (Å²) in [7, 11) is 0. The summed E-state index contributed by atoms with van der Waals surface area (Å²) >= 11 is 5.80. The molecule has 0 bridgehead atoms. The Balaban J connectivity index is 2.93. The summed E-state index contributed by atoms with van der Waals surface area (Å²) in [5.74, 6) is 0. The molecule has 0 aliphatic rings. The third kappa shape index (κ3) is 2.12. The van der Waals surface area contributed by atoms with Crippen LogP contribution in [0.2, 0.25) is 5.02 Å². The van der Waals surface area contributed by atoms with Crippen molar-refractivity contribution in [2.24, 2.45) is 0 Å². The maximum absolute atomic E-state index is 5.80. The van der Waals surface area contributed by atoms with E-state index in [0.29, 0.717) is 0 Å². The van der Waals surface area contributed by atoms with Gasteiger partial charge in [-0.2, -0.15) is 0 Å². The van der Waals surface area contributed by atoms with E-state index in [1.165, 1.54) is 0 Å². The maximum Gasteiger partial charge on any atom is 0.0410 e.